The molecule has 2 rings (SSSR count). The van der Waals surface area contributed by atoms with Crippen molar-refractivity contribution in [1.82, 2.24) is 0 Å². The van der Waals surface area contributed by atoms with E-state index in [-0.39, 0.29) is 25.8 Å². The van der Waals surface area contributed by atoms with Gasteiger partial charge in [-0.3, -0.25) is 12.2 Å². The second-order valence-electron chi connectivity index (χ2n) is 3.83. The molecule has 3 heteroatoms. The zero-order valence-electron chi connectivity index (χ0n) is 13.1. The second-order valence-corrected chi connectivity index (χ2v) is 3.83. The predicted octanol–water partition coefficient (Wildman–Crippen LogP) is 4.63. The van der Waals surface area contributed by atoms with E-state index in [4.69, 9.17) is 0 Å². The van der Waals surface area contributed by atoms with Crippen molar-refractivity contribution in [1.29, 1.82) is 0 Å². The Morgan fingerprint density at radius 1 is 0.789 bits per heavy atom. The quantitative estimate of drug-likeness (QED) is 0.401. The first-order chi connectivity index (χ1) is 8.62. The Morgan fingerprint density at radius 2 is 1.05 bits per heavy atom. The Labute approximate surface area is 138 Å². The van der Waals surface area contributed by atoms with Crippen molar-refractivity contribution >= 4 is 0 Å². The summed E-state index contributed by atoms with van der Waals surface area (Å²) in [6, 6.07) is 0. The summed E-state index contributed by atoms with van der Waals surface area (Å²) in [6.45, 7) is 4.12. The summed E-state index contributed by atoms with van der Waals surface area (Å²) in [6.07, 6.45) is 16.7. The normalized spacial score (nSPS) is 13.6. The smallest absolute Gasteiger partial charge is 0.668 e. The maximum Gasteiger partial charge on any atom is 4.00 e. The van der Waals surface area contributed by atoms with Crippen LogP contribution in [0.25, 0.3) is 10.6 Å². The standard InChI is InChI=1S/2C6H7.2C2H6N.Hf/c2*1-6-4-2-3-5-6;2*1-3-2;/h2*2,4H,3H2,1H3;2*1-2H3;/q4*-1;+4. The third-order valence-corrected chi connectivity index (χ3v) is 1.73. The molecule has 0 heterocycles. The van der Waals surface area contributed by atoms with Gasteiger partial charge in [-0.05, 0) is 0 Å². The summed E-state index contributed by atoms with van der Waals surface area (Å²) < 4.78 is 0. The molecule has 2 nitrogen and oxygen atoms in total. The molecule has 0 fully saturated rings. The van der Waals surface area contributed by atoms with Crippen LogP contribution in [0, 0.1) is 12.2 Å². The van der Waals surface area contributed by atoms with Gasteiger partial charge in [0.2, 0.25) is 0 Å². The minimum atomic E-state index is 0. The van der Waals surface area contributed by atoms with Gasteiger partial charge in [0.1, 0.15) is 0 Å². The molecule has 0 aromatic carbocycles. The van der Waals surface area contributed by atoms with Crippen molar-refractivity contribution < 1.29 is 25.8 Å². The van der Waals surface area contributed by atoms with E-state index in [1.165, 1.54) is 11.1 Å². The molecule has 0 amide bonds. The molecule has 19 heavy (non-hydrogen) atoms. The Balaban J connectivity index is -0.000000188. The first-order valence-corrected chi connectivity index (χ1v) is 6.06. The third-order valence-electron chi connectivity index (χ3n) is 1.73. The number of nitrogens with zero attached hydrogens (tertiary/aromatic N) is 2. The largest absolute Gasteiger partial charge is 4.00 e. The molecular weight excluding hydrogens is 399 g/mol. The number of rotatable bonds is 0. The summed E-state index contributed by atoms with van der Waals surface area (Å²) in [4.78, 5) is 0. The Hall–Kier alpha value is -0.250. The van der Waals surface area contributed by atoms with E-state index in [0.29, 0.717) is 0 Å². The van der Waals surface area contributed by atoms with Gasteiger partial charge in [0.05, 0.1) is 0 Å². The van der Waals surface area contributed by atoms with Crippen LogP contribution >= 0.6 is 0 Å². The molecule has 2 aliphatic rings. The minimum Gasteiger partial charge on any atom is -0.668 e. The van der Waals surface area contributed by atoms with Crippen molar-refractivity contribution in [3.8, 4) is 0 Å². The van der Waals surface area contributed by atoms with Gasteiger partial charge in [-0.2, -0.15) is 40.3 Å². The molecule has 0 unspecified atom stereocenters. The fourth-order valence-electron chi connectivity index (χ4n) is 1.03. The number of hydrogen-bond acceptors (Lipinski definition) is 0. The van der Waals surface area contributed by atoms with Gasteiger partial charge >= 0.3 is 25.8 Å². The van der Waals surface area contributed by atoms with Crippen molar-refractivity contribution in [2.45, 2.75) is 26.7 Å². The van der Waals surface area contributed by atoms with Crippen molar-refractivity contribution in [2.75, 3.05) is 28.2 Å². The van der Waals surface area contributed by atoms with Crippen molar-refractivity contribution in [3.63, 3.8) is 0 Å². The molecule has 0 aromatic heterocycles. The summed E-state index contributed by atoms with van der Waals surface area (Å²) >= 11 is 0. The third kappa shape index (κ3) is 23.3. The van der Waals surface area contributed by atoms with E-state index in [1.807, 2.05) is 0 Å². The predicted molar refractivity (Wildman–Crippen MR) is 82.8 cm³/mol. The van der Waals surface area contributed by atoms with Crippen LogP contribution in [-0.4, -0.2) is 28.2 Å². The van der Waals surface area contributed by atoms with Crippen LogP contribution in [0.2, 0.25) is 0 Å². The first kappa shape index (κ1) is 23.8. The molecule has 0 radical (unpaired) electrons. The maximum absolute atomic E-state index is 3.50. The van der Waals surface area contributed by atoms with Crippen LogP contribution < -0.4 is 0 Å². The minimum absolute atomic E-state index is 0. The molecule has 104 valence electrons. The molecular formula is C16H26HfN2. The molecule has 0 saturated carbocycles. The molecule has 0 saturated heterocycles. The van der Waals surface area contributed by atoms with Crippen molar-refractivity contribution in [2.24, 2.45) is 0 Å². The van der Waals surface area contributed by atoms with Crippen LogP contribution in [0.5, 0.6) is 0 Å². The molecule has 0 aromatic rings. The topological polar surface area (TPSA) is 28.2 Å². The van der Waals surface area contributed by atoms with E-state index in [9.17, 15) is 0 Å². The van der Waals surface area contributed by atoms with Gasteiger partial charge in [0.25, 0.3) is 0 Å². The van der Waals surface area contributed by atoms with Crippen LogP contribution in [0.1, 0.15) is 26.7 Å². The van der Waals surface area contributed by atoms with E-state index in [0.717, 1.165) is 12.8 Å². The fourth-order valence-corrected chi connectivity index (χ4v) is 1.03. The zero-order chi connectivity index (χ0) is 14.2. The van der Waals surface area contributed by atoms with Gasteiger partial charge in [0, 0.05) is 0 Å². The Bertz CT molecular complexity index is 254. The molecule has 0 N–H and O–H groups in total. The number of hydrogen-bond donors (Lipinski definition) is 0. The summed E-state index contributed by atoms with van der Waals surface area (Å²) in [5.74, 6) is 0. The zero-order valence-corrected chi connectivity index (χ0v) is 16.7. The average Bonchev–Trinajstić information content (AvgIpc) is 2.95. The van der Waals surface area contributed by atoms with Crippen LogP contribution in [0.4, 0.5) is 0 Å². The molecule has 0 bridgehead atoms. The first-order valence-electron chi connectivity index (χ1n) is 6.06. The molecule has 0 spiro atoms. The van der Waals surface area contributed by atoms with Gasteiger partial charge in [0.15, 0.2) is 0 Å². The van der Waals surface area contributed by atoms with Gasteiger partial charge in [-0.15, -0.1) is 12.8 Å². The van der Waals surface area contributed by atoms with Crippen LogP contribution in [0.15, 0.2) is 35.5 Å². The van der Waals surface area contributed by atoms with E-state index in [1.54, 1.807) is 28.2 Å². The summed E-state index contributed by atoms with van der Waals surface area (Å²) in [7, 11) is 7.00. The van der Waals surface area contributed by atoms with Crippen LogP contribution in [0.3, 0.4) is 0 Å². The Kier molecular flexibility index (Phi) is 25.2. The second kappa shape index (κ2) is 20.1. The fraction of sp³-hybridized carbons (Fsp3) is 0.500. The van der Waals surface area contributed by atoms with Crippen molar-refractivity contribution in [3.05, 3.63) is 58.2 Å². The van der Waals surface area contributed by atoms with Gasteiger partial charge < -0.3 is 10.6 Å². The Morgan fingerprint density at radius 3 is 1.11 bits per heavy atom. The number of allylic oxidation sites excluding steroid dienone is 8. The SMILES string of the molecule is CC1=[C-]CC=C1.CC1=[C-]CC=C1.C[N-]C.C[N-]C.[Hf+4]. The summed E-state index contributed by atoms with van der Waals surface area (Å²) in [5.41, 5.74) is 2.55. The average molecular weight is 425 g/mol. The molecule has 0 aliphatic heterocycles. The molecule has 0 atom stereocenters. The van der Waals surface area contributed by atoms with Gasteiger partial charge in [-0.25, -0.2) is 23.3 Å². The van der Waals surface area contributed by atoms with E-state index < -0.39 is 0 Å². The maximum atomic E-state index is 3.50. The van der Waals surface area contributed by atoms with Gasteiger partial charge in [-0.1, -0.05) is 13.8 Å². The molecule has 2 aliphatic carbocycles. The summed E-state index contributed by atoms with van der Waals surface area (Å²) in [5, 5.41) is 7.00. The van der Waals surface area contributed by atoms with E-state index >= 15 is 0 Å². The van der Waals surface area contributed by atoms with E-state index in [2.05, 4.69) is 60.9 Å². The monoisotopic (exact) mass is 426 g/mol. The van der Waals surface area contributed by atoms with Crippen LogP contribution in [-0.2, 0) is 25.8 Å².